The van der Waals surface area contributed by atoms with Crippen molar-refractivity contribution in [2.45, 2.75) is 17.9 Å². The number of morpholine rings is 1. The van der Waals surface area contributed by atoms with Crippen LogP contribution in [0, 0.1) is 6.92 Å². The highest BCUT2D eigenvalue weighted by Crippen LogP contribution is 2.26. The number of carbonyl (C=O) groups is 1. The van der Waals surface area contributed by atoms with Crippen LogP contribution in [0.25, 0.3) is 0 Å². The summed E-state index contributed by atoms with van der Waals surface area (Å²) in [5.74, 6) is 0.160. The highest BCUT2D eigenvalue weighted by Gasteiger charge is 2.26. The molecule has 33 heavy (non-hydrogen) atoms. The van der Waals surface area contributed by atoms with Gasteiger partial charge in [0.2, 0.25) is 10.0 Å². The molecule has 1 aromatic heterocycles. The van der Waals surface area contributed by atoms with Crippen molar-refractivity contribution in [3.63, 3.8) is 0 Å². The van der Waals surface area contributed by atoms with E-state index in [0.29, 0.717) is 32.1 Å². The van der Waals surface area contributed by atoms with E-state index in [1.54, 1.807) is 23.5 Å². The van der Waals surface area contributed by atoms with Gasteiger partial charge in [-0.3, -0.25) is 4.79 Å². The Labute approximate surface area is 198 Å². The van der Waals surface area contributed by atoms with E-state index < -0.39 is 10.0 Å². The van der Waals surface area contributed by atoms with Crippen LogP contribution in [0.1, 0.15) is 22.0 Å². The largest absolute Gasteiger partial charge is 0.484 e. The second kappa shape index (κ2) is 10.5. The van der Waals surface area contributed by atoms with Crippen molar-refractivity contribution in [3.05, 3.63) is 82.0 Å². The predicted molar refractivity (Wildman–Crippen MR) is 127 cm³/mol. The number of hydrogen-bond donors (Lipinski definition) is 1. The molecule has 1 aliphatic heterocycles. The number of thiophene rings is 1. The van der Waals surface area contributed by atoms with E-state index in [0.717, 1.165) is 16.0 Å². The first-order chi connectivity index (χ1) is 15.9. The highest BCUT2D eigenvalue weighted by molar-refractivity contribution is 7.89. The van der Waals surface area contributed by atoms with Crippen molar-refractivity contribution < 1.29 is 22.7 Å². The topological polar surface area (TPSA) is 84.9 Å². The number of benzene rings is 2. The minimum atomic E-state index is -3.57. The normalized spacial score (nSPS) is 15.7. The van der Waals surface area contributed by atoms with Crippen LogP contribution in [-0.4, -0.2) is 51.5 Å². The molecule has 1 saturated heterocycles. The van der Waals surface area contributed by atoms with E-state index in [1.807, 2.05) is 48.7 Å². The minimum absolute atomic E-state index is 0.177. The van der Waals surface area contributed by atoms with Gasteiger partial charge in [-0.1, -0.05) is 35.9 Å². The second-order valence-electron chi connectivity index (χ2n) is 7.70. The fourth-order valence-electron chi connectivity index (χ4n) is 3.53. The van der Waals surface area contributed by atoms with Crippen LogP contribution < -0.4 is 10.1 Å². The molecular weight excluding hydrogens is 460 g/mol. The zero-order valence-electron chi connectivity index (χ0n) is 18.3. The second-order valence-corrected chi connectivity index (χ2v) is 10.6. The van der Waals surface area contributed by atoms with Gasteiger partial charge in [-0.2, -0.15) is 4.31 Å². The summed E-state index contributed by atoms with van der Waals surface area (Å²) in [5.41, 5.74) is 2.14. The maximum atomic E-state index is 12.7. The molecule has 0 saturated carbocycles. The number of nitrogens with one attached hydrogen (secondary N) is 1. The number of sulfonamides is 1. The number of carbonyl (C=O) groups excluding carboxylic acids is 1. The first-order valence-corrected chi connectivity index (χ1v) is 13.0. The lowest BCUT2D eigenvalue weighted by Gasteiger charge is -2.26. The average Bonchev–Trinajstić information content (AvgIpc) is 3.37. The van der Waals surface area contributed by atoms with Crippen molar-refractivity contribution in [1.29, 1.82) is 0 Å². The fraction of sp³-hybridized carbons (Fsp3) is 0.292. The number of hydrogen-bond acceptors (Lipinski definition) is 6. The van der Waals surface area contributed by atoms with Gasteiger partial charge < -0.3 is 14.8 Å². The van der Waals surface area contributed by atoms with Crippen LogP contribution in [0.2, 0.25) is 0 Å². The molecule has 4 rings (SSSR count). The molecule has 1 amide bonds. The van der Waals surface area contributed by atoms with Crippen LogP contribution in [-0.2, 0) is 19.6 Å². The van der Waals surface area contributed by atoms with Gasteiger partial charge in [0.05, 0.1) is 24.2 Å². The van der Waals surface area contributed by atoms with Gasteiger partial charge in [0.1, 0.15) is 5.75 Å². The molecule has 7 nitrogen and oxygen atoms in total. The van der Waals surface area contributed by atoms with Gasteiger partial charge in [-0.25, -0.2) is 8.42 Å². The lowest BCUT2D eigenvalue weighted by atomic mass is 10.0. The molecule has 1 N–H and O–H groups in total. The van der Waals surface area contributed by atoms with Gasteiger partial charge in [0, 0.05) is 18.0 Å². The fourth-order valence-corrected chi connectivity index (χ4v) is 5.74. The zero-order valence-corrected chi connectivity index (χ0v) is 19.9. The number of ether oxygens (including phenoxy) is 2. The third-order valence-electron chi connectivity index (χ3n) is 5.35. The SMILES string of the molecule is Cc1ccc(C(NC(=O)COc2ccc(S(=O)(=O)N3CCOCC3)cc2)c2cccs2)cc1. The summed E-state index contributed by atoms with van der Waals surface area (Å²) in [6, 6.07) is 17.9. The quantitative estimate of drug-likeness (QED) is 0.528. The van der Waals surface area contributed by atoms with Crippen LogP contribution >= 0.6 is 11.3 Å². The number of aryl methyl sites for hydroxylation is 1. The molecule has 2 heterocycles. The molecule has 1 aliphatic rings. The first kappa shape index (κ1) is 23.4. The molecule has 174 valence electrons. The average molecular weight is 487 g/mol. The maximum Gasteiger partial charge on any atom is 0.258 e. The van der Waals surface area contributed by atoms with E-state index in [1.165, 1.54) is 16.4 Å². The van der Waals surface area contributed by atoms with Crippen LogP contribution in [0.4, 0.5) is 0 Å². The van der Waals surface area contributed by atoms with E-state index in [9.17, 15) is 13.2 Å². The summed E-state index contributed by atoms with van der Waals surface area (Å²) in [4.78, 5) is 13.9. The molecule has 1 unspecified atom stereocenters. The molecule has 3 aromatic rings. The summed E-state index contributed by atoms with van der Waals surface area (Å²) in [5, 5.41) is 5.01. The lowest BCUT2D eigenvalue weighted by molar-refractivity contribution is -0.123. The minimum Gasteiger partial charge on any atom is -0.484 e. The highest BCUT2D eigenvalue weighted by atomic mass is 32.2. The molecule has 0 radical (unpaired) electrons. The molecule has 0 aliphatic carbocycles. The summed E-state index contributed by atoms with van der Waals surface area (Å²) < 4.78 is 37.7. The van der Waals surface area contributed by atoms with Crippen molar-refractivity contribution in [3.8, 4) is 5.75 Å². The summed E-state index contributed by atoms with van der Waals surface area (Å²) in [6.07, 6.45) is 0. The van der Waals surface area contributed by atoms with Gasteiger partial charge in [0.15, 0.2) is 6.61 Å². The van der Waals surface area contributed by atoms with Gasteiger partial charge in [0.25, 0.3) is 5.91 Å². The molecule has 1 atom stereocenters. The Morgan fingerprint density at radius 3 is 2.42 bits per heavy atom. The Hall–Kier alpha value is -2.72. The van der Waals surface area contributed by atoms with Crippen molar-refractivity contribution in [2.24, 2.45) is 0 Å². The maximum absolute atomic E-state index is 12.7. The van der Waals surface area contributed by atoms with Crippen molar-refractivity contribution >= 4 is 27.3 Å². The molecule has 9 heteroatoms. The van der Waals surface area contributed by atoms with Crippen molar-refractivity contribution in [1.82, 2.24) is 9.62 Å². The Morgan fingerprint density at radius 1 is 1.09 bits per heavy atom. The van der Waals surface area contributed by atoms with E-state index >= 15 is 0 Å². The first-order valence-electron chi connectivity index (χ1n) is 10.6. The van der Waals surface area contributed by atoms with E-state index in [-0.39, 0.29) is 23.5 Å². The van der Waals surface area contributed by atoms with E-state index in [4.69, 9.17) is 9.47 Å². The zero-order chi connectivity index (χ0) is 23.3. The summed E-state index contributed by atoms with van der Waals surface area (Å²) >= 11 is 1.58. The molecule has 1 fully saturated rings. The summed E-state index contributed by atoms with van der Waals surface area (Å²) in [6.45, 7) is 3.31. The summed E-state index contributed by atoms with van der Waals surface area (Å²) in [7, 11) is -3.57. The van der Waals surface area contributed by atoms with Crippen LogP contribution in [0.3, 0.4) is 0 Å². The Morgan fingerprint density at radius 2 is 1.79 bits per heavy atom. The van der Waals surface area contributed by atoms with Crippen molar-refractivity contribution in [2.75, 3.05) is 32.9 Å². The number of rotatable bonds is 8. The monoisotopic (exact) mass is 486 g/mol. The molecule has 0 bridgehead atoms. The standard InChI is InChI=1S/C24H26N2O5S2/c1-18-4-6-19(7-5-18)24(22-3-2-16-32-22)25-23(27)17-31-20-8-10-21(11-9-20)33(28,29)26-12-14-30-15-13-26/h2-11,16,24H,12-15,17H2,1H3,(H,25,27). The predicted octanol–water partition coefficient (Wildman–Crippen LogP) is 3.36. The third kappa shape index (κ3) is 5.80. The number of amides is 1. The third-order valence-corrected chi connectivity index (χ3v) is 8.20. The Bertz CT molecular complexity index is 1150. The van der Waals surface area contributed by atoms with Crippen LogP contribution in [0.5, 0.6) is 5.75 Å². The molecule has 2 aromatic carbocycles. The molecule has 0 spiro atoms. The smallest absolute Gasteiger partial charge is 0.258 e. The van der Waals surface area contributed by atoms with Gasteiger partial charge in [-0.15, -0.1) is 11.3 Å². The van der Waals surface area contributed by atoms with Gasteiger partial charge >= 0.3 is 0 Å². The van der Waals surface area contributed by atoms with Gasteiger partial charge in [-0.05, 0) is 48.2 Å². The lowest BCUT2D eigenvalue weighted by Crippen LogP contribution is -2.40. The van der Waals surface area contributed by atoms with E-state index in [2.05, 4.69) is 5.32 Å². The number of nitrogens with zero attached hydrogens (tertiary/aromatic N) is 1. The molecular formula is C24H26N2O5S2. The Balaban J connectivity index is 1.38. The van der Waals surface area contributed by atoms with Crippen LogP contribution in [0.15, 0.2) is 70.9 Å². The Kier molecular flexibility index (Phi) is 7.44.